The van der Waals surface area contributed by atoms with Crippen molar-refractivity contribution in [1.82, 2.24) is 9.55 Å². The third-order valence-electron chi connectivity index (χ3n) is 3.55. The number of nitrogens with two attached hydrogens (primary N) is 1. The lowest BCUT2D eigenvalue weighted by Gasteiger charge is -2.30. The molecular formula is C13H17N3S. The van der Waals surface area contributed by atoms with Gasteiger partial charge in [-0.15, -0.1) is 11.3 Å². The van der Waals surface area contributed by atoms with Crippen LogP contribution in [0.15, 0.2) is 29.9 Å². The van der Waals surface area contributed by atoms with Crippen LogP contribution in [0.5, 0.6) is 0 Å². The second-order valence-electron chi connectivity index (χ2n) is 4.65. The zero-order valence-electron chi connectivity index (χ0n) is 9.75. The monoisotopic (exact) mass is 247 g/mol. The van der Waals surface area contributed by atoms with Gasteiger partial charge in [0.1, 0.15) is 5.82 Å². The summed E-state index contributed by atoms with van der Waals surface area (Å²) in [5, 5.41) is 2.09. The van der Waals surface area contributed by atoms with E-state index in [0.29, 0.717) is 6.04 Å². The van der Waals surface area contributed by atoms with Gasteiger partial charge in [0.05, 0.1) is 10.9 Å². The SMILES string of the molecule is NC1CCCCC1n1ccnc1-c1cccs1. The zero-order chi connectivity index (χ0) is 11.7. The highest BCUT2D eigenvalue weighted by molar-refractivity contribution is 7.13. The lowest BCUT2D eigenvalue weighted by atomic mass is 9.91. The fraction of sp³-hybridized carbons (Fsp3) is 0.462. The highest BCUT2D eigenvalue weighted by Crippen LogP contribution is 2.32. The van der Waals surface area contributed by atoms with Gasteiger partial charge < -0.3 is 10.3 Å². The Kier molecular flexibility index (Phi) is 2.99. The summed E-state index contributed by atoms with van der Waals surface area (Å²) in [6.07, 6.45) is 8.81. The molecule has 0 amide bonds. The Morgan fingerprint density at radius 1 is 1.35 bits per heavy atom. The van der Waals surface area contributed by atoms with Crippen LogP contribution in [0.2, 0.25) is 0 Å². The summed E-state index contributed by atoms with van der Waals surface area (Å²) in [6, 6.07) is 4.89. The van der Waals surface area contributed by atoms with Crippen molar-refractivity contribution < 1.29 is 0 Å². The Hall–Kier alpha value is -1.13. The normalized spacial score (nSPS) is 25.0. The maximum atomic E-state index is 6.25. The van der Waals surface area contributed by atoms with E-state index in [2.05, 4.69) is 33.3 Å². The van der Waals surface area contributed by atoms with Gasteiger partial charge in [0.15, 0.2) is 0 Å². The number of imidazole rings is 1. The summed E-state index contributed by atoms with van der Waals surface area (Å²) in [4.78, 5) is 5.72. The molecule has 0 aromatic carbocycles. The first-order chi connectivity index (χ1) is 8.36. The number of thiophene rings is 1. The molecule has 0 aliphatic heterocycles. The molecule has 2 aromatic rings. The second-order valence-corrected chi connectivity index (χ2v) is 5.60. The standard InChI is InChI=1S/C13H17N3S/c14-10-4-1-2-5-11(10)16-8-7-15-13(16)12-6-3-9-17-12/h3,6-11H,1-2,4-5,14H2. The van der Waals surface area contributed by atoms with E-state index in [0.717, 1.165) is 12.2 Å². The van der Waals surface area contributed by atoms with Crippen LogP contribution in [0.4, 0.5) is 0 Å². The van der Waals surface area contributed by atoms with Crippen molar-refractivity contribution in [3.63, 3.8) is 0 Å². The highest BCUT2D eigenvalue weighted by atomic mass is 32.1. The van der Waals surface area contributed by atoms with Crippen LogP contribution in [-0.2, 0) is 0 Å². The molecule has 0 bridgehead atoms. The average Bonchev–Trinajstić information content (AvgIpc) is 3.00. The van der Waals surface area contributed by atoms with E-state index in [-0.39, 0.29) is 6.04 Å². The molecule has 2 aromatic heterocycles. The van der Waals surface area contributed by atoms with E-state index in [1.54, 1.807) is 11.3 Å². The molecule has 1 fully saturated rings. The summed E-state index contributed by atoms with van der Waals surface area (Å²) in [5.74, 6) is 1.07. The molecule has 2 N–H and O–H groups in total. The Bertz CT molecular complexity index is 475. The van der Waals surface area contributed by atoms with Crippen LogP contribution >= 0.6 is 11.3 Å². The molecule has 1 saturated carbocycles. The molecule has 2 heterocycles. The first-order valence-electron chi connectivity index (χ1n) is 6.18. The van der Waals surface area contributed by atoms with Crippen LogP contribution < -0.4 is 5.73 Å². The lowest BCUT2D eigenvalue weighted by molar-refractivity contribution is 0.308. The van der Waals surface area contributed by atoms with Gasteiger partial charge in [0.25, 0.3) is 0 Å². The van der Waals surface area contributed by atoms with Crippen molar-refractivity contribution in [3.8, 4) is 10.7 Å². The molecule has 17 heavy (non-hydrogen) atoms. The fourth-order valence-corrected chi connectivity index (χ4v) is 3.39. The lowest BCUT2D eigenvalue weighted by Crippen LogP contribution is -2.35. The molecule has 2 atom stereocenters. The summed E-state index contributed by atoms with van der Waals surface area (Å²) in [7, 11) is 0. The molecule has 3 rings (SSSR count). The molecule has 1 aliphatic rings. The second kappa shape index (κ2) is 4.63. The summed E-state index contributed by atoms with van der Waals surface area (Å²) in [5.41, 5.74) is 6.25. The molecule has 0 radical (unpaired) electrons. The van der Waals surface area contributed by atoms with E-state index < -0.39 is 0 Å². The van der Waals surface area contributed by atoms with Crippen LogP contribution in [0.3, 0.4) is 0 Å². The maximum Gasteiger partial charge on any atom is 0.150 e. The maximum absolute atomic E-state index is 6.25. The average molecular weight is 247 g/mol. The van der Waals surface area contributed by atoms with Crippen LogP contribution in [-0.4, -0.2) is 15.6 Å². The van der Waals surface area contributed by atoms with Crippen LogP contribution in [0.1, 0.15) is 31.7 Å². The molecule has 1 aliphatic carbocycles. The van der Waals surface area contributed by atoms with Crippen molar-refractivity contribution >= 4 is 11.3 Å². The number of hydrogen-bond donors (Lipinski definition) is 1. The third-order valence-corrected chi connectivity index (χ3v) is 4.41. The topological polar surface area (TPSA) is 43.8 Å². The molecule has 4 heteroatoms. The molecule has 90 valence electrons. The third kappa shape index (κ3) is 2.03. The minimum atomic E-state index is 0.275. The van der Waals surface area contributed by atoms with Crippen LogP contribution in [0, 0.1) is 0 Å². The fourth-order valence-electron chi connectivity index (χ4n) is 2.66. The van der Waals surface area contributed by atoms with Crippen molar-refractivity contribution in [1.29, 1.82) is 0 Å². The Morgan fingerprint density at radius 3 is 3.00 bits per heavy atom. The van der Waals surface area contributed by atoms with Crippen molar-refractivity contribution in [2.45, 2.75) is 37.8 Å². The van der Waals surface area contributed by atoms with Crippen molar-refractivity contribution in [2.75, 3.05) is 0 Å². The van der Waals surface area contributed by atoms with Crippen LogP contribution in [0.25, 0.3) is 10.7 Å². The van der Waals surface area contributed by atoms with E-state index in [1.165, 1.54) is 24.1 Å². The van der Waals surface area contributed by atoms with Gasteiger partial charge in [-0.3, -0.25) is 0 Å². The highest BCUT2D eigenvalue weighted by Gasteiger charge is 2.25. The predicted octanol–water partition coefficient (Wildman–Crippen LogP) is 3.05. The summed E-state index contributed by atoms with van der Waals surface area (Å²) < 4.78 is 2.27. The Morgan fingerprint density at radius 2 is 2.24 bits per heavy atom. The van der Waals surface area contributed by atoms with Gasteiger partial charge in [0, 0.05) is 18.4 Å². The van der Waals surface area contributed by atoms with E-state index >= 15 is 0 Å². The van der Waals surface area contributed by atoms with E-state index in [9.17, 15) is 0 Å². The Balaban J connectivity index is 1.95. The van der Waals surface area contributed by atoms with Gasteiger partial charge in [-0.1, -0.05) is 18.9 Å². The van der Waals surface area contributed by atoms with E-state index in [1.807, 2.05) is 6.20 Å². The predicted molar refractivity (Wildman–Crippen MR) is 71.0 cm³/mol. The molecular weight excluding hydrogens is 230 g/mol. The van der Waals surface area contributed by atoms with Crippen molar-refractivity contribution in [2.24, 2.45) is 5.73 Å². The Labute approximate surface area is 105 Å². The summed E-state index contributed by atoms with van der Waals surface area (Å²) >= 11 is 1.74. The number of rotatable bonds is 2. The zero-order valence-corrected chi connectivity index (χ0v) is 10.6. The first kappa shape index (κ1) is 11.0. The quantitative estimate of drug-likeness (QED) is 0.886. The molecule has 0 saturated heterocycles. The first-order valence-corrected chi connectivity index (χ1v) is 7.06. The molecule has 3 nitrogen and oxygen atoms in total. The largest absolute Gasteiger partial charge is 0.326 e. The van der Waals surface area contributed by atoms with Gasteiger partial charge in [-0.05, 0) is 24.3 Å². The molecule has 2 unspecified atom stereocenters. The number of hydrogen-bond acceptors (Lipinski definition) is 3. The minimum Gasteiger partial charge on any atom is -0.326 e. The van der Waals surface area contributed by atoms with Crippen molar-refractivity contribution in [3.05, 3.63) is 29.9 Å². The van der Waals surface area contributed by atoms with Gasteiger partial charge in [-0.2, -0.15) is 0 Å². The van der Waals surface area contributed by atoms with E-state index in [4.69, 9.17) is 5.73 Å². The van der Waals surface area contributed by atoms with Gasteiger partial charge in [0.2, 0.25) is 0 Å². The number of aromatic nitrogens is 2. The van der Waals surface area contributed by atoms with Gasteiger partial charge >= 0.3 is 0 Å². The van der Waals surface area contributed by atoms with Gasteiger partial charge in [-0.25, -0.2) is 4.98 Å². The minimum absolute atomic E-state index is 0.275. The number of nitrogens with zero attached hydrogens (tertiary/aromatic N) is 2. The summed E-state index contributed by atoms with van der Waals surface area (Å²) in [6.45, 7) is 0. The molecule has 0 spiro atoms. The smallest absolute Gasteiger partial charge is 0.150 e.